The number of carbonyl (C=O) groups is 1. The van der Waals surface area contributed by atoms with Crippen molar-refractivity contribution in [3.8, 4) is 0 Å². The molecule has 144 valence electrons. The number of ether oxygens (including phenoxy) is 2. The van der Waals surface area contributed by atoms with E-state index < -0.39 is 17.8 Å². The van der Waals surface area contributed by atoms with Gasteiger partial charge in [0, 0.05) is 12.3 Å². The summed E-state index contributed by atoms with van der Waals surface area (Å²) >= 11 is 0. The van der Waals surface area contributed by atoms with Crippen LogP contribution >= 0.6 is 0 Å². The Balaban J connectivity index is 1.76. The van der Waals surface area contributed by atoms with Gasteiger partial charge in [-0.2, -0.15) is 0 Å². The lowest BCUT2D eigenvalue weighted by Gasteiger charge is -2.45. The number of ketones is 1. The van der Waals surface area contributed by atoms with Crippen molar-refractivity contribution in [2.75, 3.05) is 0 Å². The number of hydrogen-bond acceptors (Lipinski definition) is 4. The van der Waals surface area contributed by atoms with Crippen LogP contribution in [0.4, 0.5) is 0 Å². The van der Waals surface area contributed by atoms with Gasteiger partial charge >= 0.3 is 0 Å². The van der Waals surface area contributed by atoms with E-state index in [2.05, 4.69) is 0 Å². The number of rotatable bonds is 7. The lowest BCUT2D eigenvalue weighted by Crippen LogP contribution is -2.58. The highest BCUT2D eigenvalue weighted by molar-refractivity contribution is 5.86. The zero-order valence-corrected chi connectivity index (χ0v) is 16.0. The molecule has 0 aliphatic heterocycles. The number of aliphatic hydroxyl groups is 1. The molecule has 4 atom stereocenters. The van der Waals surface area contributed by atoms with Crippen molar-refractivity contribution in [3.05, 3.63) is 71.8 Å². The molecule has 0 aromatic heterocycles. The Hall–Kier alpha value is -2.01. The van der Waals surface area contributed by atoms with Gasteiger partial charge in [-0.1, -0.05) is 74.5 Å². The predicted octanol–water partition coefficient (Wildman–Crippen LogP) is 3.91. The van der Waals surface area contributed by atoms with Crippen LogP contribution in [0.3, 0.4) is 0 Å². The number of hydrogen-bond donors (Lipinski definition) is 1. The quantitative estimate of drug-likeness (QED) is 0.805. The van der Waals surface area contributed by atoms with E-state index in [-0.39, 0.29) is 18.1 Å². The summed E-state index contributed by atoms with van der Waals surface area (Å²) in [5.41, 5.74) is 0.992. The van der Waals surface area contributed by atoms with Crippen LogP contribution in [0, 0.1) is 5.92 Å². The standard InChI is InChI=1S/C23H28O4/c1-3-23(25)14-20(24)22(27-16-19-12-8-5-9-13-19)21(17(23)2)26-15-18-10-6-4-7-11-18/h4-13,17,21-22,25H,3,14-16H2,1-2H3/t17-,21-,22-,23?/m0/s1. The molecule has 0 radical (unpaired) electrons. The Morgan fingerprint density at radius 3 is 2.00 bits per heavy atom. The normalized spacial score (nSPS) is 28.3. The van der Waals surface area contributed by atoms with Gasteiger partial charge in [0.25, 0.3) is 0 Å². The largest absolute Gasteiger partial charge is 0.389 e. The van der Waals surface area contributed by atoms with E-state index in [1.54, 1.807) is 0 Å². The smallest absolute Gasteiger partial charge is 0.167 e. The monoisotopic (exact) mass is 368 g/mol. The fraction of sp³-hybridized carbons (Fsp3) is 0.435. The van der Waals surface area contributed by atoms with E-state index in [4.69, 9.17) is 9.47 Å². The molecule has 4 heteroatoms. The fourth-order valence-electron chi connectivity index (χ4n) is 3.71. The molecular formula is C23H28O4. The molecule has 27 heavy (non-hydrogen) atoms. The van der Waals surface area contributed by atoms with E-state index >= 15 is 0 Å². The Kier molecular flexibility index (Phi) is 6.42. The topological polar surface area (TPSA) is 55.8 Å². The highest BCUT2D eigenvalue weighted by Gasteiger charge is 2.50. The molecule has 3 rings (SSSR count). The van der Waals surface area contributed by atoms with Gasteiger partial charge in [0.1, 0.15) is 6.10 Å². The molecule has 1 N–H and O–H groups in total. The molecule has 0 heterocycles. The third kappa shape index (κ3) is 4.64. The average molecular weight is 368 g/mol. The molecule has 0 bridgehead atoms. The van der Waals surface area contributed by atoms with Crippen LogP contribution in [0.5, 0.6) is 0 Å². The summed E-state index contributed by atoms with van der Waals surface area (Å²) in [5.74, 6) is -0.295. The number of benzene rings is 2. The van der Waals surface area contributed by atoms with E-state index in [0.717, 1.165) is 11.1 Å². The Morgan fingerprint density at radius 1 is 0.963 bits per heavy atom. The molecule has 1 aliphatic rings. The maximum absolute atomic E-state index is 12.8. The van der Waals surface area contributed by atoms with Crippen molar-refractivity contribution < 1.29 is 19.4 Å². The van der Waals surface area contributed by atoms with Gasteiger partial charge in [0.2, 0.25) is 0 Å². The van der Waals surface area contributed by atoms with E-state index in [9.17, 15) is 9.90 Å². The van der Waals surface area contributed by atoms with Crippen LogP contribution < -0.4 is 0 Å². The van der Waals surface area contributed by atoms with Crippen LogP contribution in [0.15, 0.2) is 60.7 Å². The van der Waals surface area contributed by atoms with Crippen molar-refractivity contribution >= 4 is 5.78 Å². The van der Waals surface area contributed by atoms with Gasteiger partial charge in [-0.3, -0.25) is 4.79 Å². The van der Waals surface area contributed by atoms with Gasteiger partial charge in [0.15, 0.2) is 5.78 Å². The second kappa shape index (κ2) is 8.79. The first-order valence-electron chi connectivity index (χ1n) is 9.59. The third-order valence-electron chi connectivity index (χ3n) is 5.61. The molecule has 0 saturated heterocycles. The summed E-state index contributed by atoms with van der Waals surface area (Å²) in [4.78, 5) is 12.8. The zero-order valence-electron chi connectivity index (χ0n) is 16.0. The van der Waals surface area contributed by atoms with E-state index in [1.807, 2.05) is 74.5 Å². The van der Waals surface area contributed by atoms with Crippen LogP contribution in [0.2, 0.25) is 0 Å². The molecule has 1 unspecified atom stereocenters. The summed E-state index contributed by atoms with van der Waals surface area (Å²) in [5, 5.41) is 10.9. The second-order valence-corrected chi connectivity index (χ2v) is 7.37. The van der Waals surface area contributed by atoms with Gasteiger partial charge in [-0.15, -0.1) is 0 Å². The molecule has 1 aliphatic carbocycles. The third-order valence-corrected chi connectivity index (χ3v) is 5.61. The minimum absolute atomic E-state index is 0.0913. The minimum Gasteiger partial charge on any atom is -0.389 e. The van der Waals surface area contributed by atoms with Gasteiger partial charge < -0.3 is 14.6 Å². The summed E-state index contributed by atoms with van der Waals surface area (Å²) in [6.45, 7) is 4.58. The second-order valence-electron chi connectivity index (χ2n) is 7.37. The van der Waals surface area contributed by atoms with Crippen molar-refractivity contribution in [1.29, 1.82) is 0 Å². The highest BCUT2D eigenvalue weighted by atomic mass is 16.5. The summed E-state index contributed by atoms with van der Waals surface area (Å²) in [7, 11) is 0. The molecule has 2 aromatic rings. The lowest BCUT2D eigenvalue weighted by molar-refractivity contribution is -0.190. The van der Waals surface area contributed by atoms with Crippen LogP contribution in [-0.2, 0) is 27.5 Å². The number of Topliss-reactive ketones (excluding diaryl/α,β-unsaturated/α-hetero) is 1. The van der Waals surface area contributed by atoms with Gasteiger partial charge in [-0.05, 0) is 17.5 Å². The summed E-state index contributed by atoms with van der Waals surface area (Å²) in [6, 6.07) is 19.6. The van der Waals surface area contributed by atoms with Crippen molar-refractivity contribution in [2.24, 2.45) is 5.92 Å². The lowest BCUT2D eigenvalue weighted by atomic mass is 9.71. The molecule has 1 saturated carbocycles. The Morgan fingerprint density at radius 2 is 1.48 bits per heavy atom. The summed E-state index contributed by atoms with van der Waals surface area (Å²) in [6.07, 6.45) is -0.540. The Bertz CT molecular complexity index is 731. The average Bonchev–Trinajstić information content (AvgIpc) is 2.70. The number of carbonyl (C=O) groups excluding carboxylic acids is 1. The summed E-state index contributed by atoms with van der Waals surface area (Å²) < 4.78 is 12.1. The first-order valence-corrected chi connectivity index (χ1v) is 9.59. The van der Waals surface area contributed by atoms with Gasteiger partial charge in [-0.25, -0.2) is 0 Å². The van der Waals surface area contributed by atoms with Crippen molar-refractivity contribution in [2.45, 2.75) is 57.7 Å². The van der Waals surface area contributed by atoms with Crippen molar-refractivity contribution in [3.63, 3.8) is 0 Å². The minimum atomic E-state index is -1.05. The first kappa shape index (κ1) is 19.7. The van der Waals surface area contributed by atoms with Crippen LogP contribution in [0.1, 0.15) is 37.8 Å². The maximum Gasteiger partial charge on any atom is 0.167 e. The van der Waals surface area contributed by atoms with Gasteiger partial charge in [0.05, 0.1) is 24.9 Å². The van der Waals surface area contributed by atoms with E-state index in [1.165, 1.54) is 0 Å². The Labute approximate surface area is 161 Å². The predicted molar refractivity (Wildman–Crippen MR) is 104 cm³/mol. The fourth-order valence-corrected chi connectivity index (χ4v) is 3.71. The maximum atomic E-state index is 12.8. The molecule has 0 amide bonds. The van der Waals surface area contributed by atoms with E-state index in [0.29, 0.717) is 19.6 Å². The first-order chi connectivity index (χ1) is 13.0. The molecular weight excluding hydrogens is 340 g/mol. The van der Waals surface area contributed by atoms with Crippen LogP contribution in [0.25, 0.3) is 0 Å². The highest BCUT2D eigenvalue weighted by Crippen LogP contribution is 2.38. The molecule has 2 aromatic carbocycles. The molecule has 0 spiro atoms. The molecule has 4 nitrogen and oxygen atoms in total. The molecule has 1 fully saturated rings. The van der Waals surface area contributed by atoms with Crippen molar-refractivity contribution in [1.82, 2.24) is 0 Å². The van der Waals surface area contributed by atoms with Crippen LogP contribution in [-0.4, -0.2) is 28.7 Å². The zero-order chi connectivity index (χ0) is 19.3. The SMILES string of the molecule is CCC1(O)CC(=O)[C@H](OCc2ccccc2)[C@@H](OCc2ccccc2)[C@@H]1C.